The van der Waals surface area contributed by atoms with Crippen molar-refractivity contribution in [1.82, 2.24) is 4.90 Å². The van der Waals surface area contributed by atoms with Crippen LogP contribution in [0.5, 0.6) is 11.5 Å². The van der Waals surface area contributed by atoms with Crippen molar-refractivity contribution in [1.29, 1.82) is 0 Å². The number of imide groups is 1. The van der Waals surface area contributed by atoms with Crippen LogP contribution < -0.4 is 14.8 Å². The first-order chi connectivity index (χ1) is 16.4. The Morgan fingerprint density at radius 3 is 2.09 bits per heavy atom. The number of nitrogens with zero attached hydrogens (tertiary/aromatic N) is 1. The minimum Gasteiger partial charge on any atom is -0.497 e. The molecule has 0 saturated carbocycles. The Morgan fingerprint density at radius 2 is 1.47 bits per heavy atom. The van der Waals surface area contributed by atoms with Crippen LogP contribution in [0.3, 0.4) is 0 Å². The molecule has 0 aliphatic carbocycles. The van der Waals surface area contributed by atoms with Crippen molar-refractivity contribution < 1.29 is 27.8 Å². The zero-order valence-electron chi connectivity index (χ0n) is 18.6. The predicted octanol–water partition coefficient (Wildman–Crippen LogP) is 4.42. The monoisotopic (exact) mass is 464 g/mol. The van der Waals surface area contributed by atoms with Crippen molar-refractivity contribution in [3.63, 3.8) is 0 Å². The van der Waals surface area contributed by atoms with E-state index >= 15 is 0 Å². The van der Waals surface area contributed by atoms with Crippen LogP contribution in [0.4, 0.5) is 14.5 Å². The number of anilines is 1. The maximum atomic E-state index is 13.5. The molecule has 0 atom stereocenters. The second kappa shape index (κ2) is 9.74. The van der Waals surface area contributed by atoms with Gasteiger partial charge in [0.2, 0.25) is 0 Å². The van der Waals surface area contributed by atoms with Gasteiger partial charge in [0, 0.05) is 12.6 Å². The SMILES string of the molecule is COc1ccc(NC2=C(c3ccc(F)cc3)C(=O)N(CCc3ccc(F)cc3)C2=O)c(OC)c1. The molecule has 8 heteroatoms. The molecule has 0 aromatic heterocycles. The molecule has 3 aromatic carbocycles. The van der Waals surface area contributed by atoms with Crippen LogP contribution in [0.15, 0.2) is 72.4 Å². The van der Waals surface area contributed by atoms with Gasteiger partial charge in [0.05, 0.1) is 25.5 Å². The van der Waals surface area contributed by atoms with Gasteiger partial charge in [0.1, 0.15) is 28.8 Å². The maximum Gasteiger partial charge on any atom is 0.278 e. The van der Waals surface area contributed by atoms with Crippen LogP contribution in [0.1, 0.15) is 11.1 Å². The van der Waals surface area contributed by atoms with E-state index in [2.05, 4.69) is 5.32 Å². The highest BCUT2D eigenvalue weighted by Gasteiger charge is 2.39. The number of carbonyl (C=O) groups excluding carboxylic acids is 2. The smallest absolute Gasteiger partial charge is 0.278 e. The molecule has 4 rings (SSSR count). The van der Waals surface area contributed by atoms with Gasteiger partial charge in [-0.3, -0.25) is 14.5 Å². The first kappa shape index (κ1) is 23.0. The van der Waals surface area contributed by atoms with Gasteiger partial charge < -0.3 is 14.8 Å². The topological polar surface area (TPSA) is 67.9 Å². The number of benzene rings is 3. The summed E-state index contributed by atoms with van der Waals surface area (Å²) in [6.45, 7) is 0.0962. The molecule has 1 heterocycles. The molecule has 34 heavy (non-hydrogen) atoms. The van der Waals surface area contributed by atoms with Gasteiger partial charge >= 0.3 is 0 Å². The lowest BCUT2D eigenvalue weighted by Gasteiger charge is -2.16. The van der Waals surface area contributed by atoms with Crippen molar-refractivity contribution in [3.05, 3.63) is 95.2 Å². The van der Waals surface area contributed by atoms with Crippen molar-refractivity contribution in [2.75, 3.05) is 26.1 Å². The van der Waals surface area contributed by atoms with Crippen molar-refractivity contribution in [3.8, 4) is 11.5 Å². The summed E-state index contributed by atoms with van der Waals surface area (Å²) in [4.78, 5) is 27.8. The molecule has 0 radical (unpaired) electrons. The fourth-order valence-electron chi connectivity index (χ4n) is 3.71. The number of methoxy groups -OCH3 is 2. The number of amides is 2. The fourth-order valence-corrected chi connectivity index (χ4v) is 3.71. The van der Waals surface area contributed by atoms with E-state index in [1.807, 2.05) is 0 Å². The summed E-state index contributed by atoms with van der Waals surface area (Å²) in [5.41, 5.74) is 1.82. The van der Waals surface area contributed by atoms with Crippen molar-refractivity contribution in [2.24, 2.45) is 0 Å². The van der Waals surface area contributed by atoms with Crippen LogP contribution in [0.2, 0.25) is 0 Å². The second-order valence-electron chi connectivity index (χ2n) is 7.59. The summed E-state index contributed by atoms with van der Waals surface area (Å²) >= 11 is 0. The van der Waals surface area contributed by atoms with Crippen LogP contribution in [0.25, 0.3) is 5.57 Å². The Balaban J connectivity index is 1.68. The molecular weight excluding hydrogens is 442 g/mol. The average molecular weight is 464 g/mol. The Hall–Kier alpha value is -4.20. The van der Waals surface area contributed by atoms with E-state index in [9.17, 15) is 18.4 Å². The first-order valence-corrected chi connectivity index (χ1v) is 10.5. The third-order valence-corrected chi connectivity index (χ3v) is 5.51. The van der Waals surface area contributed by atoms with Gasteiger partial charge in [0.25, 0.3) is 11.8 Å². The minimum atomic E-state index is -0.524. The molecule has 0 unspecified atom stereocenters. The number of hydrogen-bond acceptors (Lipinski definition) is 5. The Kier molecular flexibility index (Phi) is 6.58. The zero-order chi connectivity index (χ0) is 24.2. The summed E-state index contributed by atoms with van der Waals surface area (Å²) in [6.07, 6.45) is 0.355. The average Bonchev–Trinajstić information content (AvgIpc) is 3.08. The van der Waals surface area contributed by atoms with Crippen LogP contribution >= 0.6 is 0 Å². The highest BCUT2D eigenvalue weighted by atomic mass is 19.1. The largest absolute Gasteiger partial charge is 0.497 e. The highest BCUT2D eigenvalue weighted by molar-refractivity contribution is 6.36. The number of hydrogen-bond donors (Lipinski definition) is 1. The number of rotatable bonds is 8. The van der Waals surface area contributed by atoms with E-state index in [1.165, 1.54) is 50.6 Å². The van der Waals surface area contributed by atoms with Crippen LogP contribution in [-0.4, -0.2) is 37.5 Å². The molecule has 0 bridgehead atoms. The van der Waals surface area contributed by atoms with E-state index in [0.717, 1.165) is 10.5 Å². The Bertz CT molecular complexity index is 1250. The lowest BCUT2D eigenvalue weighted by Crippen LogP contribution is -2.34. The predicted molar refractivity (Wildman–Crippen MR) is 123 cm³/mol. The molecular formula is C26H22F2N2O4. The van der Waals surface area contributed by atoms with Crippen LogP contribution in [-0.2, 0) is 16.0 Å². The molecule has 2 amide bonds. The lowest BCUT2D eigenvalue weighted by molar-refractivity contribution is -0.136. The Morgan fingerprint density at radius 1 is 0.824 bits per heavy atom. The quantitative estimate of drug-likeness (QED) is 0.500. The second-order valence-corrected chi connectivity index (χ2v) is 7.59. The highest BCUT2D eigenvalue weighted by Crippen LogP contribution is 2.35. The van der Waals surface area contributed by atoms with Gasteiger partial charge in [-0.15, -0.1) is 0 Å². The molecule has 0 fully saturated rings. The Labute approximate surface area is 195 Å². The number of halogens is 2. The van der Waals surface area contributed by atoms with Gasteiger partial charge in [-0.2, -0.15) is 0 Å². The molecule has 1 aliphatic heterocycles. The standard InChI is InChI=1S/C26H22F2N2O4/c1-33-20-11-12-21(22(15-20)34-2)29-24-23(17-5-9-19(28)10-6-17)25(31)30(26(24)32)14-13-16-3-7-18(27)8-4-16/h3-12,15,29H,13-14H2,1-2H3. The van der Waals surface area contributed by atoms with Gasteiger partial charge in [-0.25, -0.2) is 8.78 Å². The summed E-state index contributed by atoms with van der Waals surface area (Å²) in [6, 6.07) is 16.2. The lowest BCUT2D eigenvalue weighted by atomic mass is 10.0. The molecule has 3 aromatic rings. The maximum absolute atomic E-state index is 13.5. The molecule has 6 nitrogen and oxygen atoms in total. The normalized spacial score (nSPS) is 13.5. The fraction of sp³-hybridized carbons (Fsp3) is 0.154. The summed E-state index contributed by atoms with van der Waals surface area (Å²) < 4.78 is 37.4. The number of ether oxygens (including phenoxy) is 2. The summed E-state index contributed by atoms with van der Waals surface area (Å²) in [5, 5.41) is 3.03. The molecule has 1 N–H and O–H groups in total. The van der Waals surface area contributed by atoms with E-state index in [4.69, 9.17) is 9.47 Å². The molecule has 174 valence electrons. The summed E-state index contributed by atoms with van der Waals surface area (Å²) in [5.74, 6) is -0.879. The van der Waals surface area contributed by atoms with Crippen molar-refractivity contribution in [2.45, 2.75) is 6.42 Å². The minimum absolute atomic E-state index is 0.0548. The van der Waals surface area contributed by atoms with E-state index < -0.39 is 17.6 Å². The third-order valence-electron chi connectivity index (χ3n) is 5.51. The third kappa shape index (κ3) is 4.61. The van der Waals surface area contributed by atoms with Crippen LogP contribution in [0, 0.1) is 11.6 Å². The van der Waals surface area contributed by atoms with Gasteiger partial charge in [0.15, 0.2) is 0 Å². The van der Waals surface area contributed by atoms with E-state index in [0.29, 0.717) is 29.2 Å². The number of nitrogens with one attached hydrogen (secondary N) is 1. The molecule has 1 aliphatic rings. The molecule has 0 saturated heterocycles. The first-order valence-electron chi connectivity index (χ1n) is 10.5. The van der Waals surface area contributed by atoms with E-state index in [1.54, 1.807) is 30.3 Å². The molecule has 0 spiro atoms. The number of carbonyl (C=O) groups is 2. The summed E-state index contributed by atoms with van der Waals surface area (Å²) in [7, 11) is 3.00. The van der Waals surface area contributed by atoms with Crippen molar-refractivity contribution >= 4 is 23.1 Å². The zero-order valence-corrected chi connectivity index (χ0v) is 18.6. The van der Waals surface area contributed by atoms with E-state index in [-0.39, 0.29) is 23.6 Å². The van der Waals surface area contributed by atoms with Gasteiger partial charge in [-0.1, -0.05) is 24.3 Å². The van der Waals surface area contributed by atoms with Gasteiger partial charge in [-0.05, 0) is 53.9 Å².